The molecule has 31 heavy (non-hydrogen) atoms. The molecule has 1 unspecified atom stereocenters. The molecule has 6 nitrogen and oxygen atoms in total. The zero-order valence-electron chi connectivity index (χ0n) is 17.2. The van der Waals surface area contributed by atoms with Crippen molar-refractivity contribution in [1.82, 2.24) is 5.32 Å². The molecule has 1 atom stereocenters. The second-order valence-corrected chi connectivity index (χ2v) is 6.75. The molecule has 10 heteroatoms. The van der Waals surface area contributed by atoms with Gasteiger partial charge in [0.25, 0.3) is 0 Å². The topological polar surface area (TPSA) is 88.7 Å². The Bertz CT molecular complexity index is 874. The third-order valence-electron chi connectivity index (χ3n) is 4.32. The van der Waals surface area contributed by atoms with E-state index in [4.69, 9.17) is 5.73 Å². The number of aliphatic imine (C=N–C) groups is 1. The molecule has 0 bridgehead atoms. The number of carbonyl (C=O) groups is 1. The number of nitrogens with one attached hydrogen (secondary N) is 2. The van der Waals surface area contributed by atoms with E-state index in [1.165, 1.54) is 24.3 Å². The predicted octanol–water partition coefficient (Wildman–Crippen LogP) is 4.79. The quantitative estimate of drug-likeness (QED) is 0.251. The first kappa shape index (κ1) is 26.5. The maximum absolute atomic E-state index is 12.2. The van der Waals surface area contributed by atoms with Crippen molar-refractivity contribution in [2.24, 2.45) is 16.6 Å². The van der Waals surface area contributed by atoms with Gasteiger partial charge >= 0.3 is 6.36 Å². The van der Waals surface area contributed by atoms with E-state index in [0.29, 0.717) is 18.8 Å². The number of carbonyl (C=O) groups excluding carboxylic acids is 1. The van der Waals surface area contributed by atoms with Crippen LogP contribution in [-0.2, 0) is 17.9 Å². The van der Waals surface area contributed by atoms with Gasteiger partial charge in [-0.25, -0.2) is 4.99 Å². The average Bonchev–Trinajstić information content (AvgIpc) is 2.70. The van der Waals surface area contributed by atoms with E-state index in [2.05, 4.69) is 20.4 Å². The number of ether oxygens (including phenoxy) is 1. The fourth-order valence-electron chi connectivity index (χ4n) is 2.43. The summed E-state index contributed by atoms with van der Waals surface area (Å²) in [5, 5.41) is 5.77. The molecule has 0 aliphatic heterocycles. The Hall–Kier alpha value is -2.50. The van der Waals surface area contributed by atoms with Crippen molar-refractivity contribution >= 4 is 41.5 Å². The van der Waals surface area contributed by atoms with Crippen molar-refractivity contribution in [2.45, 2.75) is 39.7 Å². The van der Waals surface area contributed by atoms with Gasteiger partial charge in [-0.15, -0.1) is 37.1 Å². The Morgan fingerprint density at radius 1 is 1.16 bits per heavy atom. The monoisotopic (exact) mass is 550 g/mol. The van der Waals surface area contributed by atoms with Gasteiger partial charge in [-0.2, -0.15) is 0 Å². The van der Waals surface area contributed by atoms with Crippen LogP contribution in [0, 0.1) is 5.92 Å². The second kappa shape index (κ2) is 12.4. The number of benzene rings is 2. The maximum atomic E-state index is 12.2. The molecule has 0 spiro atoms. The van der Waals surface area contributed by atoms with E-state index in [1.54, 1.807) is 6.07 Å². The van der Waals surface area contributed by atoms with E-state index < -0.39 is 6.36 Å². The van der Waals surface area contributed by atoms with E-state index in [9.17, 15) is 18.0 Å². The number of guanidine groups is 1. The Labute approximate surface area is 196 Å². The zero-order chi connectivity index (χ0) is 22.1. The standard InChI is InChI=1S/C21H25F3N4O2.HI/c1-3-14(2)19(29)28-17-6-4-5-16(11-17)13-27-20(25)26-12-15-7-9-18(10-8-15)30-21(22,23)24;/h4-11,14H,3,12-13H2,1-2H3,(H,28,29)(H3,25,26,27);1H. The molecule has 0 fully saturated rings. The minimum absolute atomic E-state index is 0. The summed E-state index contributed by atoms with van der Waals surface area (Å²) in [6, 6.07) is 12.8. The normalized spacial score (nSPS) is 12.5. The molecule has 170 valence electrons. The Kier molecular flexibility index (Phi) is 10.6. The molecule has 0 saturated heterocycles. The second-order valence-electron chi connectivity index (χ2n) is 6.75. The lowest BCUT2D eigenvalue weighted by Crippen LogP contribution is -2.31. The summed E-state index contributed by atoms with van der Waals surface area (Å²) < 4.78 is 40.3. The number of amides is 1. The van der Waals surface area contributed by atoms with E-state index >= 15 is 0 Å². The first-order valence-corrected chi connectivity index (χ1v) is 9.44. The van der Waals surface area contributed by atoms with Crippen molar-refractivity contribution in [2.75, 3.05) is 5.32 Å². The van der Waals surface area contributed by atoms with Gasteiger partial charge < -0.3 is 21.1 Å². The number of rotatable bonds is 8. The summed E-state index contributed by atoms with van der Waals surface area (Å²) >= 11 is 0. The predicted molar refractivity (Wildman–Crippen MR) is 125 cm³/mol. The lowest BCUT2D eigenvalue weighted by molar-refractivity contribution is -0.274. The highest BCUT2D eigenvalue weighted by Gasteiger charge is 2.30. The summed E-state index contributed by atoms with van der Waals surface area (Å²) in [5.41, 5.74) is 8.14. The van der Waals surface area contributed by atoms with Gasteiger partial charge in [-0.05, 0) is 41.8 Å². The summed E-state index contributed by atoms with van der Waals surface area (Å²) in [5.74, 6) is -0.195. The van der Waals surface area contributed by atoms with Crippen molar-refractivity contribution in [1.29, 1.82) is 0 Å². The molecule has 2 aromatic rings. The van der Waals surface area contributed by atoms with Crippen molar-refractivity contribution in [3.8, 4) is 5.75 Å². The molecule has 4 N–H and O–H groups in total. The van der Waals surface area contributed by atoms with Gasteiger partial charge in [0, 0.05) is 18.2 Å². The summed E-state index contributed by atoms with van der Waals surface area (Å²) in [4.78, 5) is 16.2. The highest BCUT2D eigenvalue weighted by Crippen LogP contribution is 2.22. The highest BCUT2D eigenvalue weighted by atomic mass is 127. The van der Waals surface area contributed by atoms with Crippen LogP contribution in [0.15, 0.2) is 53.5 Å². The first-order valence-electron chi connectivity index (χ1n) is 9.44. The average molecular weight is 550 g/mol. The highest BCUT2D eigenvalue weighted by molar-refractivity contribution is 14.0. The van der Waals surface area contributed by atoms with Crippen LogP contribution in [0.3, 0.4) is 0 Å². The number of halogens is 4. The number of anilines is 1. The molecule has 2 rings (SSSR count). The van der Waals surface area contributed by atoms with Crippen LogP contribution in [0.1, 0.15) is 31.4 Å². The van der Waals surface area contributed by atoms with Crippen molar-refractivity contribution < 1.29 is 22.7 Å². The maximum Gasteiger partial charge on any atom is 0.573 e. The molecule has 0 radical (unpaired) electrons. The number of alkyl halides is 3. The lowest BCUT2D eigenvalue weighted by Gasteiger charge is -2.11. The summed E-state index contributed by atoms with van der Waals surface area (Å²) in [6.07, 6.45) is -3.96. The third kappa shape index (κ3) is 9.90. The van der Waals surface area contributed by atoms with E-state index in [-0.39, 0.29) is 47.5 Å². The van der Waals surface area contributed by atoms with Crippen LogP contribution >= 0.6 is 24.0 Å². The Morgan fingerprint density at radius 3 is 2.45 bits per heavy atom. The van der Waals surface area contributed by atoms with Crippen molar-refractivity contribution in [3.63, 3.8) is 0 Å². The molecular weight excluding hydrogens is 524 g/mol. The third-order valence-corrected chi connectivity index (χ3v) is 4.32. The van der Waals surface area contributed by atoms with Gasteiger partial charge in [0.15, 0.2) is 5.96 Å². The van der Waals surface area contributed by atoms with Crippen LogP contribution in [0.4, 0.5) is 18.9 Å². The summed E-state index contributed by atoms with van der Waals surface area (Å²) in [7, 11) is 0. The fraction of sp³-hybridized carbons (Fsp3) is 0.333. The van der Waals surface area contributed by atoms with E-state index in [1.807, 2.05) is 32.0 Å². The van der Waals surface area contributed by atoms with Gasteiger partial charge in [-0.1, -0.05) is 38.1 Å². The summed E-state index contributed by atoms with van der Waals surface area (Å²) in [6.45, 7) is 4.43. The van der Waals surface area contributed by atoms with Crippen LogP contribution in [-0.4, -0.2) is 18.2 Å². The number of hydrogen-bond acceptors (Lipinski definition) is 3. The lowest BCUT2D eigenvalue weighted by atomic mass is 10.1. The van der Waals surface area contributed by atoms with Gasteiger partial charge in [0.2, 0.25) is 5.91 Å². The number of nitrogens with two attached hydrogens (primary N) is 1. The van der Waals surface area contributed by atoms with Crippen molar-refractivity contribution in [3.05, 3.63) is 59.7 Å². The van der Waals surface area contributed by atoms with Crippen LogP contribution in [0.5, 0.6) is 5.75 Å². The van der Waals surface area contributed by atoms with Crippen LogP contribution in [0.25, 0.3) is 0 Å². The smallest absolute Gasteiger partial charge is 0.406 e. The van der Waals surface area contributed by atoms with E-state index in [0.717, 1.165) is 17.5 Å². The number of nitrogens with zero attached hydrogens (tertiary/aromatic N) is 1. The minimum Gasteiger partial charge on any atom is -0.406 e. The molecule has 1 amide bonds. The van der Waals surface area contributed by atoms with Crippen LogP contribution < -0.4 is 21.1 Å². The van der Waals surface area contributed by atoms with Gasteiger partial charge in [-0.3, -0.25) is 4.79 Å². The molecule has 0 heterocycles. The Balaban J connectivity index is 0.00000480. The fourth-order valence-corrected chi connectivity index (χ4v) is 2.43. The SMILES string of the molecule is CCC(C)C(=O)Nc1cccc(CN=C(N)NCc2ccc(OC(F)(F)F)cc2)c1.I. The largest absolute Gasteiger partial charge is 0.573 e. The van der Waals surface area contributed by atoms with Gasteiger partial charge in [0.1, 0.15) is 5.75 Å². The molecule has 0 aliphatic carbocycles. The first-order chi connectivity index (χ1) is 14.2. The molecular formula is C21H26F3IN4O2. The van der Waals surface area contributed by atoms with Gasteiger partial charge in [0.05, 0.1) is 6.54 Å². The molecule has 0 aromatic heterocycles. The molecule has 2 aromatic carbocycles. The zero-order valence-corrected chi connectivity index (χ0v) is 19.5. The van der Waals surface area contributed by atoms with Crippen LogP contribution in [0.2, 0.25) is 0 Å². The molecule has 0 aliphatic rings. The Morgan fingerprint density at radius 2 is 1.84 bits per heavy atom. The molecule has 0 saturated carbocycles. The minimum atomic E-state index is -4.72. The number of hydrogen-bond donors (Lipinski definition) is 3.